The fourth-order valence-electron chi connectivity index (χ4n) is 5.05. The molecule has 6 rings (SSSR count). The number of ether oxygens (including phenoxy) is 1. The summed E-state index contributed by atoms with van der Waals surface area (Å²) < 4.78 is 9.66. The molecule has 0 saturated carbocycles. The van der Waals surface area contributed by atoms with E-state index in [1.165, 1.54) is 6.33 Å². The number of carbonyl (C=O) groups excluding carboxylic acids is 1. The summed E-state index contributed by atoms with van der Waals surface area (Å²) >= 11 is 0. The highest BCUT2D eigenvalue weighted by molar-refractivity contribution is 5.88. The number of nitrogens with one attached hydrogen (secondary N) is 1. The molecule has 1 aliphatic heterocycles. The van der Waals surface area contributed by atoms with Crippen LogP contribution in [0, 0.1) is 6.92 Å². The Hall–Kier alpha value is -4.77. The van der Waals surface area contributed by atoms with E-state index in [0.717, 1.165) is 59.1 Å². The van der Waals surface area contributed by atoms with Gasteiger partial charge in [-0.1, -0.05) is 6.08 Å². The van der Waals surface area contributed by atoms with Gasteiger partial charge in [-0.2, -0.15) is 10.2 Å². The van der Waals surface area contributed by atoms with Gasteiger partial charge >= 0.3 is 0 Å². The molecule has 11 heteroatoms. The summed E-state index contributed by atoms with van der Waals surface area (Å²) in [4.78, 5) is 25.4. The lowest BCUT2D eigenvalue weighted by Gasteiger charge is -2.16. The Morgan fingerprint density at radius 2 is 1.93 bits per heavy atom. The largest absolute Gasteiger partial charge is 0.457 e. The first-order chi connectivity index (χ1) is 19.4. The molecule has 1 N–H and O–H groups in total. The van der Waals surface area contributed by atoms with Crippen LogP contribution in [0.3, 0.4) is 0 Å². The van der Waals surface area contributed by atoms with Crippen molar-refractivity contribution in [2.75, 3.05) is 39.0 Å². The smallest absolute Gasteiger partial charge is 0.246 e. The normalized spacial score (nSPS) is 15.6. The lowest BCUT2D eigenvalue weighted by Crippen LogP contribution is -2.26. The van der Waals surface area contributed by atoms with Crippen molar-refractivity contribution in [3.05, 3.63) is 84.7 Å². The number of aromatic nitrogens is 6. The highest BCUT2D eigenvalue weighted by atomic mass is 16.5. The number of aryl methyl sites for hydroxylation is 1. The van der Waals surface area contributed by atoms with E-state index >= 15 is 0 Å². The average Bonchev–Trinajstić information content (AvgIpc) is 3.69. The highest BCUT2D eigenvalue weighted by Gasteiger charge is 2.29. The molecule has 1 aliphatic rings. The van der Waals surface area contributed by atoms with Crippen LogP contribution in [0.1, 0.15) is 23.5 Å². The van der Waals surface area contributed by atoms with Crippen LogP contribution in [-0.2, 0) is 4.79 Å². The summed E-state index contributed by atoms with van der Waals surface area (Å²) in [6.45, 7) is 4.15. The lowest BCUT2D eigenvalue weighted by molar-refractivity contribution is -0.125. The Balaban J connectivity index is 1.19. The fourth-order valence-corrected chi connectivity index (χ4v) is 5.05. The van der Waals surface area contributed by atoms with Gasteiger partial charge in [0.25, 0.3) is 0 Å². The van der Waals surface area contributed by atoms with Gasteiger partial charge in [-0.3, -0.25) is 4.79 Å². The van der Waals surface area contributed by atoms with Gasteiger partial charge in [-0.05, 0) is 68.9 Å². The topological polar surface area (TPSA) is 105 Å². The Morgan fingerprint density at radius 3 is 2.77 bits per heavy atom. The molecule has 11 nitrogen and oxygen atoms in total. The number of likely N-dealkylation sites (tertiary alicyclic amines) is 1. The summed E-state index contributed by atoms with van der Waals surface area (Å²) in [6.07, 6.45) is 11.3. The van der Waals surface area contributed by atoms with Crippen molar-refractivity contribution in [2.24, 2.45) is 0 Å². The molecule has 1 saturated heterocycles. The summed E-state index contributed by atoms with van der Waals surface area (Å²) in [5.74, 6) is 2.43. The van der Waals surface area contributed by atoms with Gasteiger partial charge in [0.05, 0.1) is 0 Å². The number of rotatable bonds is 8. The third-order valence-electron chi connectivity index (χ3n) is 7.07. The van der Waals surface area contributed by atoms with Crippen LogP contribution in [0.4, 0.5) is 11.5 Å². The van der Waals surface area contributed by atoms with Gasteiger partial charge < -0.3 is 19.9 Å². The van der Waals surface area contributed by atoms with Gasteiger partial charge in [-0.25, -0.2) is 19.0 Å². The second-order valence-corrected chi connectivity index (χ2v) is 10.2. The van der Waals surface area contributed by atoms with E-state index in [-0.39, 0.29) is 11.8 Å². The Bertz CT molecular complexity index is 1700. The van der Waals surface area contributed by atoms with Gasteiger partial charge in [0.1, 0.15) is 29.7 Å². The maximum Gasteiger partial charge on any atom is 0.246 e. The van der Waals surface area contributed by atoms with Crippen LogP contribution in [0.15, 0.2) is 73.6 Å². The number of carbonyl (C=O) groups is 1. The average molecular weight is 538 g/mol. The standard InChI is InChI=1S/C29H31N9O2/c1-20-15-22(6-7-25(20)40-23-9-13-37-26(16-23)30-18-32-37)34-29-28-24(10-14-38(28)33-19-31-29)21-8-12-36(17-21)27(39)5-4-11-35(2)3/h4-7,9-10,13-16,18-19,21H,8,11-12,17H2,1-3H3,(H,31,33,34)/b5-4+/t21-/m0/s1. The van der Waals surface area contributed by atoms with Gasteiger partial charge in [0, 0.05) is 55.8 Å². The van der Waals surface area contributed by atoms with E-state index in [9.17, 15) is 4.79 Å². The Kier molecular flexibility index (Phi) is 6.87. The number of hydrogen-bond donors (Lipinski definition) is 1. The van der Waals surface area contributed by atoms with Crippen molar-refractivity contribution < 1.29 is 9.53 Å². The first-order valence-electron chi connectivity index (χ1n) is 13.2. The number of hydrogen-bond acceptors (Lipinski definition) is 8. The summed E-state index contributed by atoms with van der Waals surface area (Å²) in [6, 6.07) is 11.7. The number of anilines is 2. The minimum Gasteiger partial charge on any atom is -0.457 e. The molecule has 0 spiro atoms. The third-order valence-corrected chi connectivity index (χ3v) is 7.07. The molecule has 40 heavy (non-hydrogen) atoms. The number of fused-ring (bicyclic) bond motifs is 2. The molecular formula is C29H31N9O2. The molecular weight excluding hydrogens is 506 g/mol. The van der Waals surface area contributed by atoms with Gasteiger partial charge in [0.15, 0.2) is 11.5 Å². The van der Waals surface area contributed by atoms with Crippen molar-refractivity contribution in [1.29, 1.82) is 0 Å². The Morgan fingerprint density at radius 1 is 1.10 bits per heavy atom. The predicted octanol–water partition coefficient (Wildman–Crippen LogP) is 4.05. The minimum atomic E-state index is 0.0571. The van der Waals surface area contributed by atoms with Crippen molar-refractivity contribution in [3.63, 3.8) is 0 Å². The van der Waals surface area contributed by atoms with Crippen molar-refractivity contribution in [2.45, 2.75) is 19.3 Å². The molecule has 5 aromatic rings. The Labute approximate surface area is 231 Å². The number of nitrogens with zero attached hydrogens (tertiary/aromatic N) is 8. The molecule has 5 heterocycles. The number of likely N-dealkylation sites (N-methyl/N-ethyl adjacent to an activating group) is 1. The van der Waals surface area contributed by atoms with Crippen LogP contribution in [-0.4, -0.2) is 78.6 Å². The second-order valence-electron chi connectivity index (χ2n) is 10.2. The SMILES string of the molecule is Cc1cc(Nc2ncnn3ccc([C@H]4CCN(C(=O)/C=C/CN(C)C)C4)c23)ccc1Oc1ccn2ncnc2c1. The van der Waals surface area contributed by atoms with Crippen molar-refractivity contribution >= 4 is 28.6 Å². The quantitative estimate of drug-likeness (QED) is 0.296. The zero-order chi connectivity index (χ0) is 27.6. The minimum absolute atomic E-state index is 0.0571. The molecule has 0 radical (unpaired) electrons. The third kappa shape index (κ3) is 5.23. The van der Waals surface area contributed by atoms with Gasteiger partial charge in [-0.15, -0.1) is 0 Å². The molecule has 1 atom stereocenters. The molecule has 0 bridgehead atoms. The molecule has 4 aromatic heterocycles. The molecule has 0 aliphatic carbocycles. The summed E-state index contributed by atoms with van der Waals surface area (Å²) in [5, 5.41) is 12.0. The van der Waals surface area contributed by atoms with Crippen molar-refractivity contribution in [3.8, 4) is 11.5 Å². The van der Waals surface area contributed by atoms with Crippen LogP contribution >= 0.6 is 0 Å². The highest BCUT2D eigenvalue weighted by Crippen LogP contribution is 2.35. The summed E-state index contributed by atoms with van der Waals surface area (Å²) in [5.41, 5.74) is 4.64. The number of pyridine rings is 1. The van der Waals surface area contributed by atoms with E-state index in [2.05, 4.69) is 31.5 Å². The lowest BCUT2D eigenvalue weighted by atomic mass is 9.99. The summed E-state index contributed by atoms with van der Waals surface area (Å²) in [7, 11) is 3.97. The van der Waals surface area contributed by atoms with Crippen LogP contribution in [0.2, 0.25) is 0 Å². The molecule has 1 fully saturated rings. The van der Waals surface area contributed by atoms with Crippen LogP contribution in [0.5, 0.6) is 11.5 Å². The maximum absolute atomic E-state index is 12.7. The van der Waals surface area contributed by atoms with Crippen LogP contribution in [0.25, 0.3) is 11.2 Å². The second kappa shape index (κ2) is 10.8. The van der Waals surface area contributed by atoms with E-state index in [0.29, 0.717) is 12.3 Å². The van der Waals surface area contributed by atoms with Crippen molar-refractivity contribution in [1.82, 2.24) is 39.0 Å². The van der Waals surface area contributed by atoms with E-state index in [1.807, 2.05) is 84.1 Å². The molecule has 1 aromatic carbocycles. The predicted molar refractivity (Wildman–Crippen MR) is 152 cm³/mol. The molecule has 1 amide bonds. The van der Waals surface area contributed by atoms with Gasteiger partial charge in [0.2, 0.25) is 5.91 Å². The first kappa shape index (κ1) is 25.5. The first-order valence-corrected chi connectivity index (χ1v) is 13.2. The van der Waals surface area contributed by atoms with Crippen LogP contribution < -0.4 is 10.1 Å². The number of benzene rings is 1. The fraction of sp³-hybridized carbons (Fsp3) is 0.276. The number of amides is 1. The maximum atomic E-state index is 12.7. The monoisotopic (exact) mass is 537 g/mol. The zero-order valence-electron chi connectivity index (χ0n) is 22.7. The van der Waals surface area contributed by atoms with E-state index in [1.54, 1.807) is 16.9 Å². The molecule has 0 unspecified atom stereocenters. The molecule has 204 valence electrons. The van der Waals surface area contributed by atoms with E-state index < -0.39 is 0 Å². The van der Waals surface area contributed by atoms with E-state index in [4.69, 9.17) is 4.74 Å². The zero-order valence-corrected chi connectivity index (χ0v) is 22.7.